The van der Waals surface area contributed by atoms with Gasteiger partial charge in [0, 0.05) is 43.7 Å². The van der Waals surface area contributed by atoms with Crippen LogP contribution in [0.4, 0.5) is 5.69 Å². The summed E-state index contributed by atoms with van der Waals surface area (Å²) in [5, 5.41) is 11.6. The van der Waals surface area contributed by atoms with E-state index in [0.29, 0.717) is 25.4 Å². The highest BCUT2D eigenvalue weighted by molar-refractivity contribution is 6.02. The molecule has 0 saturated carbocycles. The SMILES string of the molecule is Cn1nc(C2CCC(=O)NC2=O)c2ccc(NC3CCN(CC(=O)OC(C)(C)C)CC3)cc21. The third-order valence-corrected chi connectivity index (χ3v) is 6.18. The molecule has 9 nitrogen and oxygen atoms in total. The van der Waals surface area contributed by atoms with Crippen molar-refractivity contribution in [2.45, 2.75) is 64.0 Å². The highest BCUT2D eigenvalue weighted by Gasteiger charge is 2.31. The average molecular weight is 456 g/mol. The maximum Gasteiger partial charge on any atom is 0.320 e. The summed E-state index contributed by atoms with van der Waals surface area (Å²) in [4.78, 5) is 38.0. The van der Waals surface area contributed by atoms with Crippen molar-refractivity contribution in [2.24, 2.45) is 7.05 Å². The number of aromatic nitrogens is 2. The number of fused-ring (bicyclic) bond motifs is 1. The molecule has 2 fully saturated rings. The molecule has 4 rings (SSSR count). The van der Waals surface area contributed by atoms with Crippen molar-refractivity contribution in [1.82, 2.24) is 20.0 Å². The van der Waals surface area contributed by atoms with Gasteiger partial charge in [0.2, 0.25) is 11.8 Å². The first-order valence-electron chi connectivity index (χ1n) is 11.6. The summed E-state index contributed by atoms with van der Waals surface area (Å²) in [6.07, 6.45) is 2.70. The lowest BCUT2D eigenvalue weighted by molar-refractivity contribution is -0.156. The van der Waals surface area contributed by atoms with Crippen LogP contribution in [-0.4, -0.2) is 63.7 Å². The minimum absolute atomic E-state index is 0.178. The summed E-state index contributed by atoms with van der Waals surface area (Å²) in [7, 11) is 1.87. The number of rotatable bonds is 5. The van der Waals surface area contributed by atoms with E-state index < -0.39 is 11.5 Å². The Labute approximate surface area is 193 Å². The van der Waals surface area contributed by atoms with Crippen LogP contribution in [0, 0.1) is 0 Å². The molecule has 3 heterocycles. The number of piperidine rings is 2. The molecule has 0 bridgehead atoms. The summed E-state index contributed by atoms with van der Waals surface area (Å²) >= 11 is 0. The van der Waals surface area contributed by atoms with E-state index in [-0.39, 0.29) is 17.8 Å². The Morgan fingerprint density at radius 2 is 1.94 bits per heavy atom. The molecular weight excluding hydrogens is 422 g/mol. The van der Waals surface area contributed by atoms with E-state index in [1.807, 2.05) is 40.0 Å². The number of esters is 1. The smallest absolute Gasteiger partial charge is 0.320 e. The van der Waals surface area contributed by atoms with Crippen LogP contribution in [0.1, 0.15) is 58.1 Å². The number of likely N-dealkylation sites (tertiary alicyclic amines) is 1. The summed E-state index contributed by atoms with van der Waals surface area (Å²) in [6, 6.07) is 6.40. The molecule has 2 aliphatic rings. The Morgan fingerprint density at radius 1 is 1.21 bits per heavy atom. The first-order chi connectivity index (χ1) is 15.6. The quantitative estimate of drug-likeness (QED) is 0.526. The Balaban J connectivity index is 1.37. The van der Waals surface area contributed by atoms with E-state index in [9.17, 15) is 14.4 Å². The number of aryl methyl sites for hydroxylation is 1. The van der Waals surface area contributed by atoms with Crippen molar-refractivity contribution >= 4 is 34.4 Å². The van der Waals surface area contributed by atoms with E-state index in [1.165, 1.54) is 0 Å². The van der Waals surface area contributed by atoms with Crippen molar-refractivity contribution in [1.29, 1.82) is 0 Å². The lowest BCUT2D eigenvalue weighted by Gasteiger charge is -2.33. The third-order valence-electron chi connectivity index (χ3n) is 6.18. The van der Waals surface area contributed by atoms with Gasteiger partial charge >= 0.3 is 5.97 Å². The Hall–Kier alpha value is -2.94. The van der Waals surface area contributed by atoms with Crippen molar-refractivity contribution in [2.75, 3.05) is 25.0 Å². The van der Waals surface area contributed by atoms with Gasteiger partial charge in [-0.15, -0.1) is 0 Å². The zero-order chi connectivity index (χ0) is 23.8. The summed E-state index contributed by atoms with van der Waals surface area (Å²) in [5.74, 6) is -1.08. The predicted octanol–water partition coefficient (Wildman–Crippen LogP) is 2.31. The molecule has 1 aromatic carbocycles. The van der Waals surface area contributed by atoms with Crippen molar-refractivity contribution in [3.8, 4) is 0 Å². The van der Waals surface area contributed by atoms with E-state index >= 15 is 0 Å². The molecule has 2 amide bonds. The molecule has 2 N–H and O–H groups in total. The maximum atomic E-state index is 12.3. The highest BCUT2D eigenvalue weighted by atomic mass is 16.6. The molecule has 33 heavy (non-hydrogen) atoms. The number of benzene rings is 1. The van der Waals surface area contributed by atoms with Gasteiger partial charge in [-0.1, -0.05) is 0 Å². The van der Waals surface area contributed by atoms with Crippen LogP contribution in [-0.2, 0) is 26.2 Å². The second-order valence-electron chi connectivity index (χ2n) is 10.0. The molecule has 0 spiro atoms. The number of ether oxygens (including phenoxy) is 1. The van der Waals surface area contributed by atoms with Gasteiger partial charge in [0.15, 0.2) is 0 Å². The maximum absolute atomic E-state index is 12.3. The Bertz CT molecular complexity index is 1060. The van der Waals surface area contributed by atoms with Crippen molar-refractivity contribution in [3.05, 3.63) is 23.9 Å². The Morgan fingerprint density at radius 3 is 2.61 bits per heavy atom. The number of hydrogen-bond acceptors (Lipinski definition) is 7. The lowest BCUT2D eigenvalue weighted by Crippen LogP contribution is -2.42. The van der Waals surface area contributed by atoms with Crippen LogP contribution in [0.5, 0.6) is 0 Å². The minimum Gasteiger partial charge on any atom is -0.459 e. The zero-order valence-electron chi connectivity index (χ0n) is 19.8. The summed E-state index contributed by atoms with van der Waals surface area (Å²) < 4.78 is 7.22. The van der Waals surface area contributed by atoms with Crippen LogP contribution in [0.25, 0.3) is 10.9 Å². The van der Waals surface area contributed by atoms with E-state index in [4.69, 9.17) is 4.74 Å². The lowest BCUT2D eigenvalue weighted by atomic mass is 9.93. The first kappa shape index (κ1) is 23.2. The fraction of sp³-hybridized carbons (Fsp3) is 0.583. The summed E-state index contributed by atoms with van der Waals surface area (Å²) in [6.45, 7) is 7.65. The monoisotopic (exact) mass is 455 g/mol. The Kier molecular flexibility index (Phi) is 6.43. The molecule has 1 atom stereocenters. The third kappa shape index (κ3) is 5.52. The number of imide groups is 1. The number of hydrogen-bond donors (Lipinski definition) is 2. The highest BCUT2D eigenvalue weighted by Crippen LogP contribution is 2.32. The van der Waals surface area contributed by atoms with E-state index in [1.54, 1.807) is 4.68 Å². The molecule has 2 aliphatic heterocycles. The molecule has 178 valence electrons. The molecule has 2 aromatic rings. The molecule has 9 heteroatoms. The van der Waals surface area contributed by atoms with Crippen LogP contribution in [0.2, 0.25) is 0 Å². The second kappa shape index (κ2) is 9.13. The van der Waals surface area contributed by atoms with Gasteiger partial charge < -0.3 is 10.1 Å². The number of anilines is 1. The van der Waals surface area contributed by atoms with Gasteiger partial charge in [-0.2, -0.15) is 5.10 Å². The summed E-state index contributed by atoms with van der Waals surface area (Å²) in [5.41, 5.74) is 2.21. The van der Waals surface area contributed by atoms with Gasteiger partial charge in [0.25, 0.3) is 0 Å². The fourth-order valence-electron chi connectivity index (χ4n) is 4.61. The van der Waals surface area contributed by atoms with Gasteiger partial charge in [-0.3, -0.25) is 29.3 Å². The molecule has 1 aromatic heterocycles. The fourth-order valence-corrected chi connectivity index (χ4v) is 4.61. The largest absolute Gasteiger partial charge is 0.459 e. The number of nitrogens with zero attached hydrogens (tertiary/aromatic N) is 3. The van der Waals surface area contributed by atoms with Gasteiger partial charge in [0.1, 0.15) is 5.60 Å². The van der Waals surface area contributed by atoms with Crippen LogP contribution in [0.3, 0.4) is 0 Å². The van der Waals surface area contributed by atoms with Gasteiger partial charge in [0.05, 0.1) is 23.7 Å². The zero-order valence-corrected chi connectivity index (χ0v) is 19.8. The number of amides is 2. The van der Waals surface area contributed by atoms with E-state index in [2.05, 4.69) is 26.7 Å². The molecule has 2 saturated heterocycles. The normalized spacial score (nSPS) is 20.7. The van der Waals surface area contributed by atoms with Gasteiger partial charge in [-0.05, 0) is 58.2 Å². The van der Waals surface area contributed by atoms with Crippen molar-refractivity contribution in [3.63, 3.8) is 0 Å². The minimum atomic E-state index is -0.459. The van der Waals surface area contributed by atoms with Crippen LogP contribution >= 0.6 is 0 Å². The van der Waals surface area contributed by atoms with Crippen molar-refractivity contribution < 1.29 is 19.1 Å². The van der Waals surface area contributed by atoms with Crippen LogP contribution in [0.15, 0.2) is 18.2 Å². The van der Waals surface area contributed by atoms with Crippen LogP contribution < -0.4 is 10.6 Å². The second-order valence-corrected chi connectivity index (χ2v) is 10.0. The molecule has 0 aliphatic carbocycles. The molecule has 0 radical (unpaired) electrons. The number of carbonyl (C=O) groups is 3. The predicted molar refractivity (Wildman–Crippen MR) is 125 cm³/mol. The first-order valence-corrected chi connectivity index (χ1v) is 11.6. The van der Waals surface area contributed by atoms with E-state index in [0.717, 1.165) is 48.2 Å². The average Bonchev–Trinajstić information content (AvgIpc) is 3.04. The number of carbonyl (C=O) groups excluding carboxylic acids is 3. The number of nitrogens with one attached hydrogen (secondary N) is 2. The standard InChI is InChI=1S/C24H33N5O4/c1-24(2,3)33-21(31)14-29-11-9-15(10-12-29)25-16-5-6-17-19(13-16)28(4)27-22(17)18-7-8-20(30)26-23(18)32/h5-6,13,15,18,25H,7-12,14H2,1-4H3,(H,26,30,32). The van der Waals surface area contributed by atoms with Gasteiger partial charge in [-0.25, -0.2) is 0 Å². The topological polar surface area (TPSA) is 106 Å². The molecular formula is C24H33N5O4. The molecule has 1 unspecified atom stereocenters.